The molecule has 2 heterocycles. The van der Waals surface area contributed by atoms with E-state index in [2.05, 4.69) is 21.0 Å². The number of hydrogen-bond acceptors (Lipinski definition) is 4. The molecule has 1 aliphatic rings. The molecule has 1 saturated carbocycles. The fraction of sp³-hybridized carbons (Fsp3) is 0.438. The molecule has 0 saturated heterocycles. The van der Waals surface area contributed by atoms with Crippen LogP contribution in [0.15, 0.2) is 32.6 Å². The number of nitrogens with zero attached hydrogens (tertiary/aromatic N) is 1. The first-order valence-electron chi connectivity index (χ1n) is 7.92. The van der Waals surface area contributed by atoms with E-state index in [4.69, 9.17) is 0 Å². The second-order valence-corrected chi connectivity index (χ2v) is 6.90. The Hall–Kier alpha value is -2.35. The summed E-state index contributed by atoms with van der Waals surface area (Å²) in [5.74, 6) is 0. The molecule has 1 aliphatic carbocycles. The molecule has 0 aromatic carbocycles. The zero-order valence-corrected chi connectivity index (χ0v) is 14.2. The summed E-state index contributed by atoms with van der Waals surface area (Å²) in [6.45, 7) is 2.01. The number of aromatic amines is 1. The lowest BCUT2D eigenvalue weighted by molar-refractivity contribution is 0.237. The average Bonchev–Trinajstić information content (AvgIpc) is 3.24. The Morgan fingerprint density at radius 1 is 1.46 bits per heavy atom. The second kappa shape index (κ2) is 7.04. The van der Waals surface area contributed by atoms with Crippen LogP contribution in [-0.2, 0) is 13.0 Å². The molecule has 0 bridgehead atoms. The molecule has 128 valence electrons. The minimum absolute atomic E-state index is 0.0155. The van der Waals surface area contributed by atoms with Crippen molar-refractivity contribution in [2.45, 2.75) is 44.8 Å². The molecule has 0 aliphatic heterocycles. The first kappa shape index (κ1) is 16.5. The molecular formula is C16H20N4O3S. The third-order valence-electron chi connectivity index (χ3n) is 3.92. The van der Waals surface area contributed by atoms with Gasteiger partial charge in [0.05, 0.1) is 12.1 Å². The van der Waals surface area contributed by atoms with Gasteiger partial charge in [0, 0.05) is 18.3 Å². The van der Waals surface area contributed by atoms with E-state index in [1.165, 1.54) is 10.1 Å². The molecular weight excluding hydrogens is 328 g/mol. The van der Waals surface area contributed by atoms with Crippen LogP contribution >= 0.6 is 11.3 Å². The summed E-state index contributed by atoms with van der Waals surface area (Å²) in [6, 6.07) is 1.86. The molecule has 1 fully saturated rings. The topological polar surface area (TPSA) is 96.0 Å². The van der Waals surface area contributed by atoms with Crippen LogP contribution in [0.5, 0.6) is 0 Å². The standard InChI is InChI=1S/C16H20N4O3S/c1-10(6-11-4-5-24-9-11)18-15(22)17-7-12-8-20(13-2-3-13)16(23)19-14(12)21/h4-5,8-10,13H,2-3,6-7H2,1H3,(H2,17,18,22)(H,19,21,23). The van der Waals surface area contributed by atoms with Gasteiger partial charge in [0.2, 0.25) is 0 Å². The van der Waals surface area contributed by atoms with Gasteiger partial charge in [-0.05, 0) is 48.6 Å². The molecule has 2 aromatic rings. The maximum Gasteiger partial charge on any atom is 0.328 e. The second-order valence-electron chi connectivity index (χ2n) is 6.12. The predicted molar refractivity (Wildman–Crippen MR) is 92.5 cm³/mol. The van der Waals surface area contributed by atoms with E-state index >= 15 is 0 Å². The van der Waals surface area contributed by atoms with Crippen LogP contribution in [0.25, 0.3) is 0 Å². The van der Waals surface area contributed by atoms with Crippen molar-refractivity contribution in [2.75, 3.05) is 0 Å². The Kier molecular flexibility index (Phi) is 4.84. The molecule has 1 atom stereocenters. The molecule has 8 heteroatoms. The van der Waals surface area contributed by atoms with Gasteiger partial charge in [-0.15, -0.1) is 0 Å². The number of rotatable bonds is 6. The van der Waals surface area contributed by atoms with Crippen molar-refractivity contribution < 1.29 is 4.79 Å². The van der Waals surface area contributed by atoms with Crippen molar-refractivity contribution in [3.8, 4) is 0 Å². The molecule has 2 amide bonds. The Morgan fingerprint density at radius 2 is 2.25 bits per heavy atom. The van der Waals surface area contributed by atoms with E-state index in [1.807, 2.05) is 18.4 Å². The molecule has 0 radical (unpaired) electrons. The van der Waals surface area contributed by atoms with Crippen LogP contribution in [0, 0.1) is 0 Å². The molecule has 24 heavy (non-hydrogen) atoms. The van der Waals surface area contributed by atoms with E-state index in [0.717, 1.165) is 19.3 Å². The van der Waals surface area contributed by atoms with Crippen LogP contribution in [0.4, 0.5) is 4.79 Å². The van der Waals surface area contributed by atoms with Crippen LogP contribution < -0.4 is 21.9 Å². The summed E-state index contributed by atoms with van der Waals surface area (Å²) in [7, 11) is 0. The fourth-order valence-electron chi connectivity index (χ4n) is 2.54. The number of carbonyl (C=O) groups is 1. The Bertz CT molecular complexity index is 821. The molecule has 1 unspecified atom stereocenters. The van der Waals surface area contributed by atoms with Crippen molar-refractivity contribution in [3.63, 3.8) is 0 Å². The van der Waals surface area contributed by atoms with Crippen molar-refractivity contribution in [1.29, 1.82) is 0 Å². The van der Waals surface area contributed by atoms with Gasteiger partial charge in [0.25, 0.3) is 5.56 Å². The summed E-state index contributed by atoms with van der Waals surface area (Å²) < 4.78 is 1.54. The predicted octanol–water partition coefficient (Wildman–Crippen LogP) is 1.36. The lowest BCUT2D eigenvalue weighted by atomic mass is 10.1. The number of hydrogen-bond donors (Lipinski definition) is 3. The number of nitrogens with one attached hydrogen (secondary N) is 3. The van der Waals surface area contributed by atoms with Crippen molar-refractivity contribution >= 4 is 17.4 Å². The maximum absolute atomic E-state index is 12.0. The largest absolute Gasteiger partial charge is 0.335 e. The third kappa shape index (κ3) is 4.14. The number of urea groups is 1. The van der Waals surface area contributed by atoms with Crippen LogP contribution in [0.3, 0.4) is 0 Å². The Morgan fingerprint density at radius 3 is 2.92 bits per heavy atom. The Labute approximate surface area is 142 Å². The van der Waals surface area contributed by atoms with E-state index in [0.29, 0.717) is 5.56 Å². The smallest absolute Gasteiger partial charge is 0.328 e. The van der Waals surface area contributed by atoms with Gasteiger partial charge < -0.3 is 10.6 Å². The molecule has 3 rings (SSSR count). The number of aromatic nitrogens is 2. The number of thiophene rings is 1. The zero-order valence-electron chi connectivity index (χ0n) is 13.4. The molecule has 7 nitrogen and oxygen atoms in total. The molecule has 0 spiro atoms. The van der Waals surface area contributed by atoms with Crippen LogP contribution in [0.1, 0.15) is 36.9 Å². The normalized spacial score (nSPS) is 15.0. The highest BCUT2D eigenvalue weighted by molar-refractivity contribution is 7.07. The molecule has 3 N–H and O–H groups in total. The highest BCUT2D eigenvalue weighted by atomic mass is 32.1. The summed E-state index contributed by atoms with van der Waals surface area (Å²) in [5.41, 5.74) is 0.714. The minimum Gasteiger partial charge on any atom is -0.335 e. The lowest BCUT2D eigenvalue weighted by Crippen LogP contribution is -2.42. The highest BCUT2D eigenvalue weighted by Gasteiger charge is 2.25. The summed E-state index contributed by atoms with van der Waals surface area (Å²) in [4.78, 5) is 37.8. The van der Waals surface area contributed by atoms with Crippen molar-refractivity contribution in [1.82, 2.24) is 20.2 Å². The van der Waals surface area contributed by atoms with Crippen molar-refractivity contribution in [3.05, 3.63) is 55.0 Å². The molecule has 2 aromatic heterocycles. The van der Waals surface area contributed by atoms with Gasteiger partial charge >= 0.3 is 11.7 Å². The SMILES string of the molecule is CC(Cc1ccsc1)NC(=O)NCc1cn(C2CC2)c(=O)[nH]c1=O. The average molecular weight is 348 g/mol. The van der Waals surface area contributed by atoms with E-state index in [9.17, 15) is 14.4 Å². The summed E-state index contributed by atoms with van der Waals surface area (Å²) in [5, 5.41) is 9.57. The lowest BCUT2D eigenvalue weighted by Gasteiger charge is -2.14. The quantitative estimate of drug-likeness (QED) is 0.735. The number of amides is 2. The minimum atomic E-state index is -0.455. The van der Waals surface area contributed by atoms with Gasteiger partial charge in [-0.3, -0.25) is 14.3 Å². The van der Waals surface area contributed by atoms with Gasteiger partial charge in [0.1, 0.15) is 0 Å². The van der Waals surface area contributed by atoms with Gasteiger partial charge in [-0.1, -0.05) is 0 Å². The number of H-pyrrole nitrogens is 1. The highest BCUT2D eigenvalue weighted by Crippen LogP contribution is 2.32. The fourth-order valence-corrected chi connectivity index (χ4v) is 3.22. The Balaban J connectivity index is 1.55. The van der Waals surface area contributed by atoms with Gasteiger partial charge in [-0.2, -0.15) is 11.3 Å². The van der Waals surface area contributed by atoms with E-state index in [-0.39, 0.29) is 30.3 Å². The maximum atomic E-state index is 12.0. The van der Waals surface area contributed by atoms with Gasteiger partial charge in [0.15, 0.2) is 0 Å². The summed E-state index contributed by atoms with van der Waals surface area (Å²) in [6.07, 6.45) is 4.19. The first-order valence-corrected chi connectivity index (χ1v) is 8.87. The first-order chi connectivity index (χ1) is 11.5. The van der Waals surface area contributed by atoms with E-state index < -0.39 is 5.56 Å². The van der Waals surface area contributed by atoms with Crippen LogP contribution in [-0.4, -0.2) is 21.6 Å². The number of carbonyl (C=O) groups excluding carboxylic acids is 1. The van der Waals surface area contributed by atoms with Crippen LogP contribution in [0.2, 0.25) is 0 Å². The van der Waals surface area contributed by atoms with Crippen molar-refractivity contribution in [2.24, 2.45) is 0 Å². The third-order valence-corrected chi connectivity index (χ3v) is 4.65. The summed E-state index contributed by atoms with van der Waals surface area (Å²) >= 11 is 1.63. The van der Waals surface area contributed by atoms with Gasteiger partial charge in [-0.25, -0.2) is 9.59 Å². The zero-order chi connectivity index (χ0) is 17.1. The van der Waals surface area contributed by atoms with E-state index in [1.54, 1.807) is 17.5 Å². The monoisotopic (exact) mass is 348 g/mol.